The Morgan fingerprint density at radius 2 is 0.874 bits per heavy atom. The molecule has 0 aliphatic carbocycles. The number of hydrogen-bond donors (Lipinski definition) is 7. The lowest BCUT2D eigenvalue weighted by Crippen LogP contribution is -2.45. The zero-order chi connectivity index (χ0) is 103. The molecule has 0 aliphatic heterocycles. The molecule has 0 atom stereocenters. The number of amides is 3. The van der Waals surface area contributed by atoms with Gasteiger partial charge in [-0.2, -0.15) is 38.7 Å². The molecule has 42 heteroatoms. The number of halogens is 8. The van der Waals surface area contributed by atoms with Crippen LogP contribution in [0.4, 0.5) is 62.3 Å². The summed E-state index contributed by atoms with van der Waals surface area (Å²) in [5, 5.41) is 61.4. The minimum atomic E-state index is -4.64. The Hall–Kier alpha value is -15.2. The highest BCUT2D eigenvalue weighted by Gasteiger charge is 2.28. The number of rotatable bonds is 28. The molecule has 14 aromatic rings. The average molecular weight is 2080 g/mol. The third-order valence-electron chi connectivity index (χ3n) is 19.3. The van der Waals surface area contributed by atoms with E-state index in [9.17, 15) is 69.9 Å². The van der Waals surface area contributed by atoms with Gasteiger partial charge in [-0.05, 0) is 222 Å². The number of benzene rings is 6. The quantitative estimate of drug-likeness (QED) is 0.0104. The van der Waals surface area contributed by atoms with Gasteiger partial charge < -0.3 is 65.5 Å². The van der Waals surface area contributed by atoms with Crippen LogP contribution in [0.1, 0.15) is 185 Å². The molecule has 0 bridgehead atoms. The van der Waals surface area contributed by atoms with Crippen molar-refractivity contribution in [2.24, 2.45) is 5.92 Å². The molecule has 0 fully saturated rings. The molecule has 8 heterocycles. The topological polar surface area (TPSA) is 452 Å². The highest BCUT2D eigenvalue weighted by atomic mass is 79.9. The first-order valence-corrected chi connectivity index (χ1v) is 44.7. The van der Waals surface area contributed by atoms with Gasteiger partial charge in [0.15, 0.2) is 40.6 Å². The Labute approximate surface area is 841 Å². The second kappa shape index (κ2) is 55.1. The number of anilines is 7. The Morgan fingerprint density at radius 1 is 0.497 bits per heavy atom. The average Bonchev–Trinajstić information content (AvgIpc) is 1.65. The van der Waals surface area contributed by atoms with Crippen molar-refractivity contribution >= 4 is 188 Å². The molecule has 14 rings (SSSR count). The van der Waals surface area contributed by atoms with E-state index in [1.54, 1.807) is 174 Å². The second-order valence-corrected chi connectivity index (χ2v) is 35.4. The van der Waals surface area contributed by atoms with E-state index < -0.39 is 47.2 Å². The summed E-state index contributed by atoms with van der Waals surface area (Å²) in [5.41, 5.74) is 11.7. The SMILES string of the molecule is C.C.C.CC(=O)c1cn(CC(=O)O)c2ccc(Nc3cccnn3)cc12.CC(=O)c1cn(CC(=O)OC(C)(C)C)c2ccc(Br)cc12.CC(=O)c1cn(CC(=O)OC(C)(C)C)c2ccc(Nc3cccnn3)cc12.CC(=O)c1nn(CC(=O)N(CC(=O)NCc2cccc(Cl)c2F)C(C)C)c2ccc(Nc3cccnn3)cc12.CC(C)CCC(=O)NCc1cccc(Cl)c1F.Nc1cccnn1.O=CC(F)(F)F. The number of esters is 2. The standard InChI is InChI=1S/C27H27ClFN7O3.C20H22N4O3.C16H18BrNO3.C16H14N4O3.C13H17ClFNO.C4H5N3.C2HF3O.3CH4/c1-16(2)35(14-24(38)30-13-18-6-4-7-21(28)26(18)29)25(39)15-36-22-10-9-19(32-23-8-5-11-31-33-23)12-20(22)27(34-36)17(3)37;1-13(25)16-11-24(12-19(26)27-20(2,3)4)17-8-7-14(10-15(16)17)22-18-6-5-9-21-23-18;1-10(19)13-8-18(9-15(20)21-16(2,3)4)14-6-5-11(17)7-12(13)14;1-10(21)13-8-20(9-16(22)23)14-5-4-11(7-12(13)14)18-15-3-2-6-17-19-15;1-9(2)6-7-12(17)16-8-10-4-3-5-11(14)13(10)15;5-4-2-1-3-6-7-4;3-2(4,5)1-6;;;/h4-12,16H,13-15H2,1-3H3,(H,30,38)(H,32,33);5-11H,12H2,1-4H3,(H,22,23);5-8H,9H2,1-4H3;2-8H,9H2,1H3,(H,18,19)(H,22,23);3-5,9H,6-8H2,1-2H3,(H,16,17);1-3H,(H2,5,7);1H;3*1H4. The predicted octanol–water partition coefficient (Wildman–Crippen LogP) is 20.5. The Balaban J connectivity index is 0.000000310. The summed E-state index contributed by atoms with van der Waals surface area (Å²) in [5.74, 6) is -1.36. The molecule has 0 unspecified atom stereocenters. The van der Waals surface area contributed by atoms with Gasteiger partial charge in [-0.15, -0.1) is 20.4 Å². The number of carbonyl (C=O) groups excluding carboxylic acids is 10. The third kappa shape index (κ3) is 37.7. The van der Waals surface area contributed by atoms with E-state index in [0.29, 0.717) is 85.4 Å². The maximum Gasteiger partial charge on any atom is 0.446 e. The number of hydrogen-bond acceptors (Lipinski definition) is 26. The summed E-state index contributed by atoms with van der Waals surface area (Å²) in [6, 6.07) is 45.0. The van der Waals surface area contributed by atoms with Crippen LogP contribution in [0.5, 0.6) is 0 Å². The van der Waals surface area contributed by atoms with Crippen LogP contribution in [0.15, 0.2) is 206 Å². The minimum Gasteiger partial charge on any atom is -0.480 e. The monoisotopic (exact) mass is 2080 g/mol. The minimum absolute atomic E-state index is 0. The summed E-state index contributed by atoms with van der Waals surface area (Å²) < 4.78 is 77.0. The van der Waals surface area contributed by atoms with Crippen molar-refractivity contribution in [1.82, 2.24) is 79.8 Å². The lowest BCUT2D eigenvalue weighted by molar-refractivity contribution is -0.156. The number of aliphatic carboxylic acids is 1. The van der Waals surface area contributed by atoms with Crippen molar-refractivity contribution in [3.05, 3.63) is 261 Å². The fourth-order valence-electron chi connectivity index (χ4n) is 13.2. The molecule has 8 N–H and O–H groups in total. The van der Waals surface area contributed by atoms with Gasteiger partial charge in [0.2, 0.25) is 24.0 Å². The predicted molar refractivity (Wildman–Crippen MR) is 545 cm³/mol. The smallest absolute Gasteiger partial charge is 0.446 e. The van der Waals surface area contributed by atoms with E-state index in [0.717, 1.165) is 44.1 Å². The number of nitrogens with two attached hydrogens (primary N) is 1. The number of nitrogen functional groups attached to an aromatic ring is 1. The summed E-state index contributed by atoms with van der Waals surface area (Å²) in [6.07, 6.45) is 6.91. The highest BCUT2D eigenvalue weighted by molar-refractivity contribution is 9.10. The number of carbonyl (C=O) groups is 11. The van der Waals surface area contributed by atoms with Crippen LogP contribution in [-0.2, 0) is 82.3 Å². The first kappa shape index (κ1) is 118. The molecular weight excluding hydrogens is 1960 g/mol. The van der Waals surface area contributed by atoms with E-state index in [4.69, 9.17) is 48.3 Å². The van der Waals surface area contributed by atoms with E-state index in [-0.39, 0.29) is 142 Å². The maximum absolute atomic E-state index is 14.1. The molecule has 0 aliphatic rings. The van der Waals surface area contributed by atoms with Crippen molar-refractivity contribution in [2.75, 3.05) is 28.2 Å². The Kier molecular flexibility index (Phi) is 45.6. The van der Waals surface area contributed by atoms with Crippen molar-refractivity contribution in [3.63, 3.8) is 0 Å². The zero-order valence-corrected chi connectivity index (χ0v) is 81.9. The maximum atomic E-state index is 14.1. The number of fused-ring (bicyclic) bond motifs is 4. The van der Waals surface area contributed by atoms with Gasteiger partial charge in [-0.25, -0.2) is 8.78 Å². The number of carboxylic acids is 1. The Morgan fingerprint density at radius 3 is 1.22 bits per heavy atom. The van der Waals surface area contributed by atoms with Crippen LogP contribution < -0.4 is 32.3 Å². The van der Waals surface area contributed by atoms with Crippen LogP contribution in [0.25, 0.3) is 43.6 Å². The number of alkyl halides is 3. The van der Waals surface area contributed by atoms with Gasteiger partial charge in [-0.1, -0.05) is 99.5 Å². The van der Waals surface area contributed by atoms with Crippen molar-refractivity contribution < 1.29 is 89.3 Å². The van der Waals surface area contributed by atoms with Gasteiger partial charge in [0.1, 0.15) is 60.5 Å². The molecule has 0 saturated heterocycles. The van der Waals surface area contributed by atoms with E-state index in [1.807, 2.05) is 77.9 Å². The summed E-state index contributed by atoms with van der Waals surface area (Å²) in [6.45, 7) is 24.2. The van der Waals surface area contributed by atoms with E-state index >= 15 is 0 Å². The number of ether oxygens (including phenoxy) is 2. The number of aromatic nitrogens is 13. The van der Waals surface area contributed by atoms with Crippen LogP contribution in [0.2, 0.25) is 10.0 Å². The van der Waals surface area contributed by atoms with Gasteiger partial charge in [-0.3, -0.25) is 57.4 Å². The number of nitrogens with one attached hydrogen (secondary N) is 5. The fourth-order valence-corrected chi connectivity index (χ4v) is 13.9. The molecule has 3 amide bonds. The van der Waals surface area contributed by atoms with Crippen LogP contribution in [0, 0.1) is 17.6 Å². The summed E-state index contributed by atoms with van der Waals surface area (Å²) in [4.78, 5) is 131. The molecule has 0 saturated carbocycles. The number of aldehydes is 1. The fraction of sp³-hybridized carbons (Fsp3) is 0.307. The van der Waals surface area contributed by atoms with Gasteiger partial charge in [0.25, 0.3) is 0 Å². The lowest BCUT2D eigenvalue weighted by atomic mass is 10.1. The van der Waals surface area contributed by atoms with Gasteiger partial charge in [0.05, 0.1) is 22.1 Å². The summed E-state index contributed by atoms with van der Waals surface area (Å²) in [7, 11) is 0. The number of nitrogens with zero attached hydrogens (tertiary/aromatic N) is 14. The Bertz CT molecular complexity index is 6720. The van der Waals surface area contributed by atoms with Crippen LogP contribution in [-0.4, -0.2) is 169 Å². The lowest BCUT2D eigenvalue weighted by Gasteiger charge is -2.26. The molecule has 8 aromatic heterocycles. The number of ketones is 4. The van der Waals surface area contributed by atoms with E-state index in [1.165, 1.54) is 55.5 Å². The van der Waals surface area contributed by atoms with Crippen molar-refractivity contribution in [2.45, 2.75) is 195 Å². The molecular formula is C101H116BrCl2F5N20O14. The third-order valence-corrected chi connectivity index (χ3v) is 20.4. The molecule has 760 valence electrons. The summed E-state index contributed by atoms with van der Waals surface area (Å²) >= 11 is 14.9. The first-order valence-electron chi connectivity index (χ1n) is 43.2. The normalized spacial score (nSPS) is 10.7. The molecule has 34 nitrogen and oxygen atoms in total. The van der Waals surface area contributed by atoms with Gasteiger partial charge >= 0.3 is 24.1 Å². The van der Waals surface area contributed by atoms with Crippen LogP contribution in [0.3, 0.4) is 0 Å². The van der Waals surface area contributed by atoms with Crippen molar-refractivity contribution in [3.8, 4) is 0 Å². The van der Waals surface area contributed by atoms with Crippen LogP contribution >= 0.6 is 39.1 Å². The molecule has 0 spiro atoms. The number of Topliss-reactive ketones (excluding diaryl/α,β-unsaturated/α-hetero) is 4. The first-order chi connectivity index (χ1) is 66.0. The van der Waals surface area contributed by atoms with Crippen molar-refractivity contribution in [1.29, 1.82) is 0 Å². The molecule has 143 heavy (non-hydrogen) atoms. The van der Waals surface area contributed by atoms with E-state index in [2.05, 4.69) is 102 Å². The largest absolute Gasteiger partial charge is 0.480 e. The second-order valence-electron chi connectivity index (χ2n) is 33.7. The zero-order valence-electron chi connectivity index (χ0n) is 78.8. The highest BCUT2D eigenvalue weighted by Crippen LogP contribution is 2.33. The van der Waals surface area contributed by atoms with Gasteiger partial charge in [0, 0.05) is 163 Å². The molecule has 0 radical (unpaired) electrons. The molecule has 6 aromatic carbocycles. The number of carboxylic acid groups (broad SMARTS) is 1.